The van der Waals surface area contributed by atoms with Crippen molar-refractivity contribution in [3.63, 3.8) is 0 Å². The summed E-state index contributed by atoms with van der Waals surface area (Å²) in [4.78, 5) is 63.4. The van der Waals surface area contributed by atoms with Gasteiger partial charge in [-0.2, -0.15) is 0 Å². The number of rotatable bonds is 8. The van der Waals surface area contributed by atoms with Crippen molar-refractivity contribution in [2.45, 2.75) is 65.7 Å². The number of nitro groups is 2. The number of ketones is 2. The predicted molar refractivity (Wildman–Crippen MR) is 168 cm³/mol. The Hall–Kier alpha value is -4.29. The molecule has 3 aliphatic rings. The van der Waals surface area contributed by atoms with E-state index in [4.69, 9.17) is 27.9 Å². The lowest BCUT2D eigenvalue weighted by Crippen LogP contribution is -2.45. The monoisotopic (exact) mass is 671 g/mol. The predicted octanol–water partition coefficient (Wildman–Crippen LogP) is 7.76. The number of carboxylic acids is 1. The third kappa shape index (κ3) is 6.23. The Kier molecular flexibility index (Phi) is 8.50. The van der Waals surface area contributed by atoms with Gasteiger partial charge in [-0.1, -0.05) is 50.9 Å². The molecule has 0 spiro atoms. The minimum atomic E-state index is -1.03. The molecular formula is C32H31Cl2N3O9. The molecule has 0 atom stereocenters. The second-order valence-electron chi connectivity index (χ2n) is 13.4. The Bertz CT molecular complexity index is 1740. The van der Waals surface area contributed by atoms with Crippen LogP contribution < -0.4 is 4.74 Å². The Balaban J connectivity index is 1.80. The van der Waals surface area contributed by atoms with Crippen LogP contribution in [0.25, 0.3) is 0 Å². The number of nitro benzene ring substituents is 2. The van der Waals surface area contributed by atoms with E-state index in [9.17, 15) is 39.7 Å². The van der Waals surface area contributed by atoms with Crippen LogP contribution >= 0.6 is 23.2 Å². The van der Waals surface area contributed by atoms with E-state index in [1.165, 1.54) is 12.1 Å². The van der Waals surface area contributed by atoms with Gasteiger partial charge in [0, 0.05) is 64.5 Å². The number of carbonyl (C=O) groups is 3. The minimum absolute atomic E-state index is 0.0427. The van der Waals surface area contributed by atoms with Gasteiger partial charge in [0.25, 0.3) is 5.69 Å². The van der Waals surface area contributed by atoms with Crippen LogP contribution in [0.3, 0.4) is 0 Å². The molecular weight excluding hydrogens is 641 g/mol. The summed E-state index contributed by atoms with van der Waals surface area (Å²) in [5.74, 6) is -3.01. The van der Waals surface area contributed by atoms with Crippen LogP contribution in [0.5, 0.6) is 11.5 Å². The van der Waals surface area contributed by atoms with Crippen molar-refractivity contribution in [3.8, 4) is 11.5 Å². The number of non-ortho nitro benzene ring substituents is 1. The highest BCUT2D eigenvalue weighted by atomic mass is 35.5. The maximum Gasteiger partial charge on any atom is 0.318 e. The van der Waals surface area contributed by atoms with Crippen molar-refractivity contribution in [1.82, 2.24) is 4.90 Å². The molecule has 1 aliphatic heterocycles. The lowest BCUT2D eigenvalue weighted by molar-refractivity contribution is -0.394. The molecule has 1 heterocycles. The van der Waals surface area contributed by atoms with E-state index >= 15 is 0 Å². The maximum absolute atomic E-state index is 14.1. The molecule has 242 valence electrons. The molecule has 14 heteroatoms. The molecule has 0 fully saturated rings. The Morgan fingerprint density at radius 2 is 1.50 bits per heavy atom. The lowest BCUT2D eigenvalue weighted by Gasteiger charge is -2.49. The fourth-order valence-electron chi connectivity index (χ4n) is 6.70. The standard InChI is InChI=1S/C32H31Cl2N3O9/c1-31(2)12-21-28(23(38)14-31)27(29-22(35(21)8-7-26(40)41)13-32(3,4)15-24(29)39)18-9-16(33)10-19(34)30(18)46-25-6-5-17(36(42)43)11-20(25)37(44)45/h5-6,9-11,27H,7-8,12-15H2,1-4H3,(H,40,41). The molecule has 12 nitrogen and oxygen atoms in total. The highest BCUT2D eigenvalue weighted by Gasteiger charge is 2.50. The first-order valence-electron chi connectivity index (χ1n) is 14.5. The van der Waals surface area contributed by atoms with E-state index in [-0.39, 0.29) is 75.6 Å². The zero-order chi connectivity index (χ0) is 33.9. The van der Waals surface area contributed by atoms with Crippen molar-refractivity contribution in [2.24, 2.45) is 10.8 Å². The molecule has 46 heavy (non-hydrogen) atoms. The number of ether oxygens (including phenoxy) is 1. The average molecular weight is 673 g/mol. The Morgan fingerprint density at radius 3 is 2.00 bits per heavy atom. The van der Waals surface area contributed by atoms with E-state index in [0.717, 1.165) is 18.2 Å². The largest absolute Gasteiger partial charge is 0.481 e. The summed E-state index contributed by atoms with van der Waals surface area (Å²) < 4.78 is 6.08. The van der Waals surface area contributed by atoms with Crippen molar-refractivity contribution in [2.75, 3.05) is 6.54 Å². The summed E-state index contributed by atoms with van der Waals surface area (Å²) in [5.41, 5.74) is -0.177. The van der Waals surface area contributed by atoms with Crippen LogP contribution in [0.1, 0.15) is 71.3 Å². The number of allylic oxidation sites excluding steroid dienone is 4. The molecule has 2 aliphatic carbocycles. The number of nitrogens with zero attached hydrogens (tertiary/aromatic N) is 3. The van der Waals surface area contributed by atoms with Crippen molar-refractivity contribution in [1.29, 1.82) is 0 Å². The van der Waals surface area contributed by atoms with Gasteiger partial charge in [-0.25, -0.2) is 0 Å². The smallest absolute Gasteiger partial charge is 0.318 e. The number of benzene rings is 2. The van der Waals surface area contributed by atoms with Crippen LogP contribution in [0.4, 0.5) is 11.4 Å². The number of Topliss-reactive ketones (excluding diaryl/α,β-unsaturated/α-hetero) is 2. The second kappa shape index (κ2) is 11.8. The summed E-state index contributed by atoms with van der Waals surface area (Å²) in [7, 11) is 0. The number of carboxylic acid groups (broad SMARTS) is 1. The van der Waals surface area contributed by atoms with Gasteiger partial charge in [0.2, 0.25) is 5.75 Å². The van der Waals surface area contributed by atoms with Gasteiger partial charge in [-0.15, -0.1) is 0 Å². The molecule has 0 unspecified atom stereocenters. The first-order valence-corrected chi connectivity index (χ1v) is 15.3. The fraction of sp³-hybridized carbons (Fsp3) is 0.406. The third-order valence-corrected chi connectivity index (χ3v) is 8.98. The van der Waals surface area contributed by atoms with Gasteiger partial charge < -0.3 is 14.7 Å². The number of hydrogen-bond acceptors (Lipinski definition) is 9. The van der Waals surface area contributed by atoms with Gasteiger partial charge in [-0.3, -0.25) is 34.6 Å². The first-order chi connectivity index (χ1) is 21.4. The topological polar surface area (TPSA) is 170 Å². The van der Waals surface area contributed by atoms with Crippen LogP contribution in [0.15, 0.2) is 52.9 Å². The van der Waals surface area contributed by atoms with E-state index in [2.05, 4.69) is 0 Å². The van der Waals surface area contributed by atoms with Gasteiger partial charge in [-0.05, 0) is 41.9 Å². The quantitative estimate of drug-likeness (QED) is 0.216. The molecule has 0 saturated carbocycles. The number of hydrogen-bond donors (Lipinski definition) is 1. The molecule has 0 bridgehead atoms. The van der Waals surface area contributed by atoms with Crippen LogP contribution in [-0.4, -0.2) is 43.9 Å². The first kappa shape index (κ1) is 33.1. The second-order valence-corrected chi connectivity index (χ2v) is 14.2. The minimum Gasteiger partial charge on any atom is -0.481 e. The maximum atomic E-state index is 14.1. The van der Waals surface area contributed by atoms with Crippen LogP contribution in [-0.2, 0) is 14.4 Å². The lowest BCUT2D eigenvalue weighted by atomic mass is 9.63. The van der Waals surface area contributed by atoms with Gasteiger partial charge in [0.15, 0.2) is 17.3 Å². The van der Waals surface area contributed by atoms with Crippen LogP contribution in [0.2, 0.25) is 10.0 Å². The molecule has 0 radical (unpaired) electrons. The molecule has 0 amide bonds. The fourth-order valence-corrected chi connectivity index (χ4v) is 7.24. The van der Waals surface area contributed by atoms with Gasteiger partial charge in [0.05, 0.1) is 27.4 Å². The Labute approximate surface area is 273 Å². The highest BCUT2D eigenvalue weighted by molar-refractivity contribution is 6.35. The van der Waals surface area contributed by atoms with E-state index in [0.29, 0.717) is 24.2 Å². The van der Waals surface area contributed by atoms with Crippen molar-refractivity contribution in [3.05, 3.63) is 88.7 Å². The average Bonchev–Trinajstić information content (AvgIpc) is 2.91. The van der Waals surface area contributed by atoms with E-state index < -0.39 is 43.9 Å². The number of halogens is 2. The summed E-state index contributed by atoms with van der Waals surface area (Å²) in [5, 5.41) is 32.9. The molecule has 0 saturated heterocycles. The Morgan fingerprint density at radius 1 is 0.935 bits per heavy atom. The summed E-state index contributed by atoms with van der Waals surface area (Å²) >= 11 is 13.2. The van der Waals surface area contributed by atoms with Crippen molar-refractivity contribution >= 4 is 52.1 Å². The number of carbonyl (C=O) groups excluding carboxylic acids is 2. The highest BCUT2D eigenvalue weighted by Crippen LogP contribution is 2.57. The molecule has 1 N–H and O–H groups in total. The summed E-state index contributed by atoms with van der Waals surface area (Å²) in [6.07, 6.45) is 0.885. The third-order valence-electron chi connectivity index (χ3n) is 8.48. The summed E-state index contributed by atoms with van der Waals surface area (Å²) in [6, 6.07) is 5.74. The SMILES string of the molecule is CC1(C)CC(=O)C2=C(C1)N(CCC(=O)O)C1=C(C(=O)CC(C)(C)C1)C2c1cc(Cl)cc(Cl)c1Oc1ccc([N+](=O)[O-])cc1[N+](=O)[O-]. The zero-order valence-corrected chi connectivity index (χ0v) is 27.0. The summed E-state index contributed by atoms with van der Waals surface area (Å²) in [6.45, 7) is 7.81. The van der Waals surface area contributed by atoms with Gasteiger partial charge >= 0.3 is 11.7 Å². The zero-order valence-electron chi connectivity index (χ0n) is 25.5. The molecule has 5 rings (SSSR count). The van der Waals surface area contributed by atoms with Crippen LogP contribution in [0, 0.1) is 31.1 Å². The van der Waals surface area contributed by atoms with Gasteiger partial charge in [0.1, 0.15) is 0 Å². The molecule has 0 aromatic heterocycles. The number of aliphatic carboxylic acids is 1. The van der Waals surface area contributed by atoms with E-state index in [1.807, 2.05) is 32.6 Å². The van der Waals surface area contributed by atoms with E-state index in [1.54, 1.807) is 0 Å². The molecule has 2 aromatic rings. The van der Waals surface area contributed by atoms with Crippen molar-refractivity contribution < 1.29 is 34.1 Å². The molecule has 2 aromatic carbocycles. The normalized spacial score (nSPS) is 19.1.